The summed E-state index contributed by atoms with van der Waals surface area (Å²) in [6, 6.07) is 11.0. The number of nitrogens with zero attached hydrogens (tertiary/aromatic N) is 1. The van der Waals surface area contributed by atoms with Crippen molar-refractivity contribution in [3.8, 4) is 0 Å². The SMILES string of the molecule is Cc1ccc(C(=O)CCC(=O)Nc2ccc([N+](=O)[O-])cc2)cc1C. The molecule has 0 fully saturated rings. The van der Waals surface area contributed by atoms with Gasteiger partial charge in [-0.2, -0.15) is 0 Å². The van der Waals surface area contributed by atoms with Crippen LogP contribution in [0, 0.1) is 24.0 Å². The fraction of sp³-hybridized carbons (Fsp3) is 0.222. The van der Waals surface area contributed by atoms with Crippen molar-refractivity contribution in [2.75, 3.05) is 5.32 Å². The Labute approximate surface area is 139 Å². The van der Waals surface area contributed by atoms with Gasteiger partial charge >= 0.3 is 0 Å². The van der Waals surface area contributed by atoms with Gasteiger partial charge in [-0.05, 0) is 43.2 Å². The van der Waals surface area contributed by atoms with Gasteiger partial charge in [-0.3, -0.25) is 19.7 Å². The summed E-state index contributed by atoms with van der Waals surface area (Å²) >= 11 is 0. The number of carbonyl (C=O) groups is 2. The Kier molecular flexibility index (Phi) is 5.42. The number of nitro benzene ring substituents is 1. The zero-order chi connectivity index (χ0) is 17.7. The number of nitro groups is 1. The predicted octanol–water partition coefficient (Wildman–Crippen LogP) is 3.81. The molecule has 0 aromatic heterocycles. The number of amides is 1. The monoisotopic (exact) mass is 326 g/mol. The second kappa shape index (κ2) is 7.50. The summed E-state index contributed by atoms with van der Waals surface area (Å²) in [5, 5.41) is 13.2. The number of rotatable bonds is 6. The van der Waals surface area contributed by atoms with Crippen LogP contribution in [0.5, 0.6) is 0 Å². The fourth-order valence-electron chi connectivity index (χ4n) is 2.18. The summed E-state index contributed by atoms with van der Waals surface area (Å²) in [5.41, 5.74) is 3.17. The molecule has 0 unspecified atom stereocenters. The number of non-ortho nitro benzene ring substituents is 1. The van der Waals surface area contributed by atoms with Crippen LogP contribution in [0.15, 0.2) is 42.5 Å². The van der Waals surface area contributed by atoms with Crippen molar-refractivity contribution in [2.45, 2.75) is 26.7 Å². The highest BCUT2D eigenvalue weighted by Crippen LogP contribution is 2.16. The van der Waals surface area contributed by atoms with E-state index in [2.05, 4.69) is 5.32 Å². The minimum atomic E-state index is -0.506. The number of hydrogen-bond donors (Lipinski definition) is 1. The molecule has 6 nitrogen and oxygen atoms in total. The maximum atomic E-state index is 12.1. The molecule has 0 saturated carbocycles. The van der Waals surface area contributed by atoms with Gasteiger partial charge in [0.2, 0.25) is 5.91 Å². The molecule has 124 valence electrons. The van der Waals surface area contributed by atoms with E-state index in [0.29, 0.717) is 11.3 Å². The Morgan fingerprint density at radius 2 is 1.67 bits per heavy atom. The number of aryl methyl sites for hydroxylation is 2. The standard InChI is InChI=1S/C18H18N2O4/c1-12-3-4-14(11-13(12)2)17(21)9-10-18(22)19-15-5-7-16(8-6-15)20(23)24/h3-8,11H,9-10H2,1-2H3,(H,19,22). The Morgan fingerprint density at radius 3 is 2.25 bits per heavy atom. The van der Waals surface area contributed by atoms with E-state index in [1.165, 1.54) is 24.3 Å². The highest BCUT2D eigenvalue weighted by molar-refractivity contribution is 6.00. The second-order valence-corrected chi connectivity index (χ2v) is 5.57. The first-order valence-electron chi connectivity index (χ1n) is 7.51. The molecule has 6 heteroatoms. The molecule has 0 heterocycles. The maximum Gasteiger partial charge on any atom is 0.269 e. The molecule has 2 aromatic rings. The van der Waals surface area contributed by atoms with Gasteiger partial charge in [0.1, 0.15) is 0 Å². The topological polar surface area (TPSA) is 89.3 Å². The summed E-state index contributed by atoms with van der Waals surface area (Å²) < 4.78 is 0. The molecule has 0 bridgehead atoms. The Hall–Kier alpha value is -3.02. The molecule has 1 amide bonds. The average Bonchev–Trinajstić information content (AvgIpc) is 2.55. The van der Waals surface area contributed by atoms with E-state index in [0.717, 1.165) is 11.1 Å². The van der Waals surface area contributed by atoms with Gasteiger partial charge in [0.05, 0.1) is 4.92 Å². The Morgan fingerprint density at radius 1 is 1.00 bits per heavy atom. The van der Waals surface area contributed by atoms with Crippen molar-refractivity contribution < 1.29 is 14.5 Å². The lowest BCUT2D eigenvalue weighted by molar-refractivity contribution is -0.384. The van der Waals surface area contributed by atoms with Gasteiger partial charge in [0, 0.05) is 36.2 Å². The van der Waals surface area contributed by atoms with Crippen LogP contribution in [0.2, 0.25) is 0 Å². The molecule has 0 spiro atoms. The molecular weight excluding hydrogens is 308 g/mol. The molecular formula is C18H18N2O4. The van der Waals surface area contributed by atoms with Crippen LogP contribution in [-0.4, -0.2) is 16.6 Å². The van der Waals surface area contributed by atoms with Gasteiger partial charge in [-0.25, -0.2) is 0 Å². The first kappa shape index (κ1) is 17.3. The van der Waals surface area contributed by atoms with Crippen LogP contribution in [0.3, 0.4) is 0 Å². The number of benzene rings is 2. The first-order chi connectivity index (χ1) is 11.4. The molecule has 0 atom stereocenters. The Balaban J connectivity index is 1.89. The number of carbonyl (C=O) groups excluding carboxylic acids is 2. The van der Waals surface area contributed by atoms with Crippen LogP contribution in [0.1, 0.15) is 34.3 Å². The van der Waals surface area contributed by atoms with E-state index in [-0.39, 0.29) is 30.2 Å². The lowest BCUT2D eigenvalue weighted by Gasteiger charge is -2.06. The first-order valence-corrected chi connectivity index (χ1v) is 7.51. The van der Waals surface area contributed by atoms with Crippen molar-refractivity contribution in [3.05, 3.63) is 69.3 Å². The van der Waals surface area contributed by atoms with Crippen molar-refractivity contribution in [3.63, 3.8) is 0 Å². The summed E-state index contributed by atoms with van der Waals surface area (Å²) in [4.78, 5) is 34.1. The van der Waals surface area contributed by atoms with Crippen molar-refractivity contribution >= 4 is 23.1 Å². The highest BCUT2D eigenvalue weighted by Gasteiger charge is 2.11. The van der Waals surface area contributed by atoms with Gasteiger partial charge in [0.25, 0.3) is 5.69 Å². The molecule has 0 aliphatic heterocycles. The van der Waals surface area contributed by atoms with E-state index in [9.17, 15) is 19.7 Å². The third-order valence-electron chi connectivity index (χ3n) is 3.77. The summed E-state index contributed by atoms with van der Waals surface area (Å²) in [5.74, 6) is -0.391. The number of nitrogens with one attached hydrogen (secondary N) is 1. The molecule has 1 N–H and O–H groups in total. The fourth-order valence-corrected chi connectivity index (χ4v) is 2.18. The highest BCUT2D eigenvalue weighted by atomic mass is 16.6. The molecule has 0 aliphatic carbocycles. The van der Waals surface area contributed by atoms with Crippen LogP contribution in [-0.2, 0) is 4.79 Å². The minimum Gasteiger partial charge on any atom is -0.326 e. The van der Waals surface area contributed by atoms with Crippen molar-refractivity contribution in [1.29, 1.82) is 0 Å². The van der Waals surface area contributed by atoms with E-state index in [4.69, 9.17) is 0 Å². The van der Waals surface area contributed by atoms with Crippen molar-refractivity contribution in [2.24, 2.45) is 0 Å². The zero-order valence-electron chi connectivity index (χ0n) is 13.5. The predicted molar refractivity (Wildman–Crippen MR) is 91.2 cm³/mol. The number of ketones is 1. The van der Waals surface area contributed by atoms with Crippen molar-refractivity contribution in [1.82, 2.24) is 0 Å². The number of hydrogen-bond acceptors (Lipinski definition) is 4. The normalized spacial score (nSPS) is 10.2. The number of anilines is 1. The van der Waals surface area contributed by atoms with Gasteiger partial charge in [-0.1, -0.05) is 12.1 Å². The molecule has 0 saturated heterocycles. The minimum absolute atomic E-state index is 0.0436. The lowest BCUT2D eigenvalue weighted by atomic mass is 10.0. The third-order valence-corrected chi connectivity index (χ3v) is 3.77. The third kappa shape index (κ3) is 4.49. The molecule has 2 aromatic carbocycles. The summed E-state index contributed by atoms with van der Waals surface area (Å²) in [7, 11) is 0. The molecule has 0 aliphatic rings. The van der Waals surface area contributed by atoms with Crippen LogP contribution in [0.4, 0.5) is 11.4 Å². The van der Waals surface area contributed by atoms with E-state index >= 15 is 0 Å². The quantitative estimate of drug-likeness (QED) is 0.496. The van der Waals surface area contributed by atoms with Crippen LogP contribution in [0.25, 0.3) is 0 Å². The molecule has 2 rings (SSSR count). The van der Waals surface area contributed by atoms with Gasteiger partial charge in [0.15, 0.2) is 5.78 Å². The van der Waals surface area contributed by atoms with E-state index in [1.807, 2.05) is 26.0 Å². The smallest absolute Gasteiger partial charge is 0.269 e. The summed E-state index contributed by atoms with van der Waals surface area (Å²) in [6.45, 7) is 3.91. The van der Waals surface area contributed by atoms with Gasteiger partial charge in [-0.15, -0.1) is 0 Å². The maximum absolute atomic E-state index is 12.1. The van der Waals surface area contributed by atoms with E-state index < -0.39 is 4.92 Å². The zero-order valence-corrected chi connectivity index (χ0v) is 13.5. The number of Topliss-reactive ketones (excluding diaryl/α,β-unsaturated/α-hetero) is 1. The molecule has 0 radical (unpaired) electrons. The lowest BCUT2D eigenvalue weighted by Crippen LogP contribution is -2.13. The largest absolute Gasteiger partial charge is 0.326 e. The van der Waals surface area contributed by atoms with Gasteiger partial charge < -0.3 is 5.32 Å². The molecule has 24 heavy (non-hydrogen) atoms. The van der Waals surface area contributed by atoms with E-state index in [1.54, 1.807) is 6.07 Å². The van der Waals surface area contributed by atoms with Crippen LogP contribution >= 0.6 is 0 Å². The second-order valence-electron chi connectivity index (χ2n) is 5.57. The van der Waals surface area contributed by atoms with Crippen LogP contribution < -0.4 is 5.32 Å². The Bertz CT molecular complexity index is 782. The average molecular weight is 326 g/mol. The summed E-state index contributed by atoms with van der Waals surface area (Å²) in [6.07, 6.45) is 0.171.